The van der Waals surface area contributed by atoms with Gasteiger partial charge in [0.05, 0.1) is 0 Å². The summed E-state index contributed by atoms with van der Waals surface area (Å²) < 4.78 is 5.05. The van der Waals surface area contributed by atoms with Gasteiger partial charge in [-0.2, -0.15) is 0 Å². The molecule has 0 fully saturated rings. The van der Waals surface area contributed by atoms with E-state index in [4.69, 9.17) is 10.5 Å². The molecule has 0 spiro atoms. The normalized spacial score (nSPS) is 9.40. The van der Waals surface area contributed by atoms with Crippen molar-refractivity contribution < 1.29 is 4.74 Å². The van der Waals surface area contributed by atoms with Crippen molar-refractivity contribution in [2.24, 2.45) is 5.73 Å². The molecule has 1 radical (unpaired) electrons. The summed E-state index contributed by atoms with van der Waals surface area (Å²) in [6.45, 7) is 3.96. The van der Waals surface area contributed by atoms with Gasteiger partial charge < -0.3 is 4.74 Å². The van der Waals surface area contributed by atoms with E-state index in [9.17, 15) is 0 Å². The van der Waals surface area contributed by atoms with Crippen LogP contribution >= 0.6 is 0 Å². The Morgan fingerprint density at radius 1 is 1.40 bits per heavy atom. The second kappa shape index (κ2) is 3.22. The zero-order valence-corrected chi connectivity index (χ0v) is 5.71. The van der Waals surface area contributed by atoms with Gasteiger partial charge >= 0.3 is 0 Å². The fourth-order valence-corrected chi connectivity index (χ4v) is 0.734. The molecule has 53 valence electrons. The van der Waals surface area contributed by atoms with Crippen LogP contribution in [0.4, 0.5) is 0 Å². The zero-order chi connectivity index (χ0) is 7.40. The second-order valence-corrected chi connectivity index (χ2v) is 1.92. The Bertz CT molecular complexity index is 210. The molecule has 2 heteroatoms. The Hall–Kier alpha value is -1.02. The molecule has 0 aliphatic carbocycles. The first kappa shape index (κ1) is 7.09. The van der Waals surface area contributed by atoms with Crippen LogP contribution in [0, 0.1) is 6.92 Å². The summed E-state index contributed by atoms with van der Waals surface area (Å²) in [5.41, 5.74) is 6.05. The van der Waals surface area contributed by atoms with Gasteiger partial charge in [-0.25, -0.2) is 0 Å². The van der Waals surface area contributed by atoms with Gasteiger partial charge in [0.25, 0.3) is 0 Å². The Morgan fingerprint density at radius 3 is 2.70 bits per heavy atom. The molecule has 2 nitrogen and oxygen atoms in total. The predicted molar refractivity (Wildman–Crippen MR) is 40.6 cm³/mol. The van der Waals surface area contributed by atoms with Gasteiger partial charge in [-0.1, -0.05) is 18.2 Å². The number of nitrogens with two attached hydrogens (primary N) is 1. The Kier molecular flexibility index (Phi) is 2.29. The highest BCUT2D eigenvalue weighted by molar-refractivity contribution is 5.35. The molecule has 1 aromatic carbocycles. The molecule has 2 N–H and O–H groups in total. The van der Waals surface area contributed by atoms with E-state index < -0.39 is 0 Å². The largest absolute Gasteiger partial charge is 0.478 e. The minimum Gasteiger partial charge on any atom is -0.478 e. The number of para-hydroxylation sites is 1. The van der Waals surface area contributed by atoms with E-state index in [-0.39, 0.29) is 6.73 Å². The van der Waals surface area contributed by atoms with Crippen LogP contribution in [0.3, 0.4) is 0 Å². The van der Waals surface area contributed by atoms with Gasteiger partial charge in [0, 0.05) is 0 Å². The van der Waals surface area contributed by atoms with Crippen molar-refractivity contribution in [3.63, 3.8) is 0 Å². The van der Waals surface area contributed by atoms with Crippen molar-refractivity contribution in [2.75, 3.05) is 6.73 Å². The molecular formula is C8H10NO. The Labute approximate surface area is 60.6 Å². The highest BCUT2D eigenvalue weighted by Gasteiger charge is 1.93. The van der Waals surface area contributed by atoms with Crippen molar-refractivity contribution in [3.05, 3.63) is 36.8 Å². The smallest absolute Gasteiger partial charge is 0.137 e. The fourth-order valence-electron chi connectivity index (χ4n) is 0.734. The van der Waals surface area contributed by atoms with Crippen molar-refractivity contribution in [1.82, 2.24) is 0 Å². The molecule has 0 heterocycles. The van der Waals surface area contributed by atoms with Crippen LogP contribution in [0.1, 0.15) is 5.56 Å². The molecule has 0 saturated carbocycles. The molecule has 1 aromatic rings. The molecule has 0 unspecified atom stereocenters. The third kappa shape index (κ3) is 1.48. The summed E-state index contributed by atoms with van der Waals surface area (Å²) in [5, 5.41) is 0. The van der Waals surface area contributed by atoms with E-state index >= 15 is 0 Å². The molecule has 0 saturated heterocycles. The maximum atomic E-state index is 5.18. The topological polar surface area (TPSA) is 35.2 Å². The van der Waals surface area contributed by atoms with Crippen molar-refractivity contribution >= 4 is 0 Å². The number of hydrogen-bond acceptors (Lipinski definition) is 2. The van der Waals surface area contributed by atoms with Gasteiger partial charge in [-0.05, 0) is 18.6 Å². The minimum atomic E-state index is 0.201. The summed E-state index contributed by atoms with van der Waals surface area (Å²) in [6.07, 6.45) is 0. The second-order valence-electron chi connectivity index (χ2n) is 1.92. The van der Waals surface area contributed by atoms with Crippen LogP contribution in [0.15, 0.2) is 24.3 Å². The molecule has 0 bridgehead atoms. The van der Waals surface area contributed by atoms with Crippen LogP contribution in [-0.2, 0) is 0 Å². The van der Waals surface area contributed by atoms with E-state index in [1.54, 1.807) is 0 Å². The van der Waals surface area contributed by atoms with Crippen molar-refractivity contribution in [3.8, 4) is 5.75 Å². The van der Waals surface area contributed by atoms with E-state index in [2.05, 4.69) is 6.92 Å². The van der Waals surface area contributed by atoms with Gasteiger partial charge in [-0.15, -0.1) is 0 Å². The molecule has 0 atom stereocenters. The van der Waals surface area contributed by atoms with Crippen LogP contribution in [0.25, 0.3) is 0 Å². The lowest BCUT2D eigenvalue weighted by molar-refractivity contribution is 0.328. The molecule has 0 aromatic heterocycles. The molecule has 0 aliphatic heterocycles. The summed E-state index contributed by atoms with van der Waals surface area (Å²) in [6, 6.07) is 7.52. The third-order valence-electron chi connectivity index (χ3n) is 1.21. The average molecular weight is 136 g/mol. The van der Waals surface area contributed by atoms with Crippen molar-refractivity contribution in [2.45, 2.75) is 0 Å². The Balaban J connectivity index is 2.81. The van der Waals surface area contributed by atoms with Crippen LogP contribution < -0.4 is 10.5 Å². The lowest BCUT2D eigenvalue weighted by Gasteiger charge is -2.04. The van der Waals surface area contributed by atoms with Gasteiger partial charge in [-0.3, -0.25) is 5.73 Å². The maximum absolute atomic E-state index is 5.18. The first-order chi connectivity index (χ1) is 4.84. The fraction of sp³-hybridized carbons (Fsp3) is 0.125. The molecule has 1 rings (SSSR count). The van der Waals surface area contributed by atoms with Crippen LogP contribution in [0.2, 0.25) is 0 Å². The van der Waals surface area contributed by atoms with E-state index in [1.807, 2.05) is 24.3 Å². The minimum absolute atomic E-state index is 0.201. The van der Waals surface area contributed by atoms with Gasteiger partial charge in [0.2, 0.25) is 0 Å². The first-order valence-electron chi connectivity index (χ1n) is 3.08. The highest BCUT2D eigenvalue weighted by atomic mass is 16.5. The van der Waals surface area contributed by atoms with Crippen LogP contribution in [-0.4, -0.2) is 6.73 Å². The molecule has 0 amide bonds. The van der Waals surface area contributed by atoms with Gasteiger partial charge in [0.1, 0.15) is 12.5 Å². The zero-order valence-electron chi connectivity index (χ0n) is 5.71. The third-order valence-corrected chi connectivity index (χ3v) is 1.21. The lowest BCUT2D eigenvalue weighted by atomic mass is 10.2. The summed E-state index contributed by atoms with van der Waals surface area (Å²) >= 11 is 0. The number of hydrogen-bond donors (Lipinski definition) is 1. The monoisotopic (exact) mass is 136 g/mol. The molecule has 0 aliphatic rings. The van der Waals surface area contributed by atoms with E-state index in [1.165, 1.54) is 0 Å². The quantitative estimate of drug-likeness (QED) is 0.619. The highest BCUT2D eigenvalue weighted by Crippen LogP contribution is 2.14. The summed E-state index contributed by atoms with van der Waals surface area (Å²) in [5.74, 6) is 0.755. The lowest BCUT2D eigenvalue weighted by Crippen LogP contribution is -2.07. The molecular weight excluding hydrogens is 126 g/mol. The van der Waals surface area contributed by atoms with E-state index in [0.717, 1.165) is 11.3 Å². The summed E-state index contributed by atoms with van der Waals surface area (Å²) in [4.78, 5) is 0. The first-order valence-corrected chi connectivity index (χ1v) is 3.08. The standard InChI is InChI=1S/C8H10NO/c1-7-4-2-3-5-8(7)10-6-9/h2-5H,1,6,9H2. The maximum Gasteiger partial charge on any atom is 0.137 e. The number of rotatable bonds is 2. The molecule has 10 heavy (non-hydrogen) atoms. The number of benzene rings is 1. The Morgan fingerprint density at radius 2 is 2.10 bits per heavy atom. The average Bonchev–Trinajstić information content (AvgIpc) is 1.94. The van der Waals surface area contributed by atoms with Gasteiger partial charge in [0.15, 0.2) is 0 Å². The van der Waals surface area contributed by atoms with Crippen LogP contribution in [0.5, 0.6) is 5.75 Å². The SMILES string of the molecule is [CH2]c1ccccc1OCN. The summed E-state index contributed by atoms with van der Waals surface area (Å²) in [7, 11) is 0. The predicted octanol–water partition coefficient (Wildman–Crippen LogP) is 1.16. The van der Waals surface area contributed by atoms with E-state index in [0.29, 0.717) is 0 Å². The number of ether oxygens (including phenoxy) is 1. The van der Waals surface area contributed by atoms with Crippen molar-refractivity contribution in [1.29, 1.82) is 0 Å².